The lowest BCUT2D eigenvalue weighted by molar-refractivity contribution is 0.436. The van der Waals surface area contributed by atoms with Gasteiger partial charge in [0.05, 0.1) is 17.5 Å². The molecule has 1 heterocycles. The molecule has 0 bridgehead atoms. The maximum atomic E-state index is 11.2. The summed E-state index contributed by atoms with van der Waals surface area (Å²) in [5, 5.41) is 3.58. The van der Waals surface area contributed by atoms with E-state index >= 15 is 0 Å². The smallest absolute Gasteiger partial charge is 0.229 e. The molecule has 2 rings (SSSR count). The third-order valence-corrected chi connectivity index (χ3v) is 3.12. The van der Waals surface area contributed by atoms with Gasteiger partial charge in [-0.25, -0.2) is 8.42 Å². The first kappa shape index (κ1) is 11.7. The highest BCUT2D eigenvalue weighted by atomic mass is 32.2. The minimum absolute atomic E-state index is 0.00598. The molecule has 0 saturated carbocycles. The average Bonchev–Trinajstić information content (AvgIpc) is 2.62. The molecule has 90 valence electrons. The molecule has 0 aliphatic rings. The number of hydrogen-bond acceptors (Lipinski definition) is 5. The highest BCUT2D eigenvalue weighted by molar-refractivity contribution is 7.89. The molecular formula is C11H12N2O3S. The van der Waals surface area contributed by atoms with Gasteiger partial charge in [-0.2, -0.15) is 0 Å². The van der Waals surface area contributed by atoms with Crippen LogP contribution in [0, 0.1) is 0 Å². The summed E-state index contributed by atoms with van der Waals surface area (Å²) in [6.07, 6.45) is 2.71. The molecule has 0 spiro atoms. The normalized spacial score (nSPS) is 11.6. The average molecular weight is 252 g/mol. The largest absolute Gasteiger partial charge is 0.367 e. The zero-order valence-electron chi connectivity index (χ0n) is 9.25. The Labute approximate surface area is 99.1 Å². The van der Waals surface area contributed by atoms with Gasteiger partial charge in [-0.3, -0.25) is 0 Å². The number of benzene rings is 1. The summed E-state index contributed by atoms with van der Waals surface area (Å²) in [5.41, 5.74) is 7.78. The van der Waals surface area contributed by atoms with Crippen LogP contribution >= 0.6 is 0 Å². The summed E-state index contributed by atoms with van der Waals surface area (Å²) < 4.78 is 27.2. The Balaban J connectivity index is 2.39. The van der Waals surface area contributed by atoms with Crippen LogP contribution in [0.5, 0.6) is 0 Å². The molecule has 5 nitrogen and oxygen atoms in total. The summed E-state index contributed by atoms with van der Waals surface area (Å²) in [4.78, 5) is 0. The van der Waals surface area contributed by atoms with Crippen molar-refractivity contribution in [3.63, 3.8) is 0 Å². The maximum Gasteiger partial charge on any atom is 0.229 e. The lowest BCUT2D eigenvalue weighted by Gasteiger charge is -2.02. The molecule has 0 radical (unpaired) electrons. The van der Waals surface area contributed by atoms with E-state index in [0.29, 0.717) is 11.1 Å². The first-order chi connectivity index (χ1) is 7.96. The van der Waals surface area contributed by atoms with Crippen LogP contribution in [0.15, 0.2) is 35.0 Å². The zero-order chi connectivity index (χ0) is 12.5. The predicted octanol–water partition coefficient (Wildman–Crippen LogP) is 1.47. The van der Waals surface area contributed by atoms with Gasteiger partial charge in [-0.05, 0) is 17.2 Å². The van der Waals surface area contributed by atoms with Crippen molar-refractivity contribution in [2.24, 2.45) is 0 Å². The summed E-state index contributed by atoms with van der Waals surface area (Å²) in [5.74, 6) is 0.230. The van der Waals surface area contributed by atoms with E-state index in [-0.39, 0.29) is 11.6 Å². The van der Waals surface area contributed by atoms with Crippen molar-refractivity contribution in [3.8, 4) is 11.1 Å². The van der Waals surface area contributed by atoms with E-state index in [1.54, 1.807) is 18.2 Å². The Bertz CT molecular complexity index is 632. The maximum absolute atomic E-state index is 11.2. The summed E-state index contributed by atoms with van der Waals surface area (Å²) in [7, 11) is -3.04. The van der Waals surface area contributed by atoms with Crippen LogP contribution in [0.3, 0.4) is 0 Å². The van der Waals surface area contributed by atoms with Crippen LogP contribution in [0.4, 0.5) is 5.88 Å². The first-order valence-corrected chi connectivity index (χ1v) is 6.99. The fraction of sp³-hybridized carbons (Fsp3) is 0.182. The molecule has 6 heteroatoms. The molecule has 17 heavy (non-hydrogen) atoms. The van der Waals surface area contributed by atoms with Crippen molar-refractivity contribution >= 4 is 15.7 Å². The van der Waals surface area contributed by atoms with E-state index in [2.05, 4.69) is 5.16 Å². The van der Waals surface area contributed by atoms with E-state index < -0.39 is 9.84 Å². The Morgan fingerprint density at radius 1 is 1.41 bits per heavy atom. The number of nitrogen functional groups attached to an aromatic ring is 1. The van der Waals surface area contributed by atoms with Crippen LogP contribution in [-0.4, -0.2) is 19.8 Å². The number of nitrogens with zero attached hydrogens (tertiary/aromatic N) is 1. The minimum atomic E-state index is -3.04. The van der Waals surface area contributed by atoms with E-state index in [0.717, 1.165) is 5.56 Å². The molecule has 2 N–H and O–H groups in total. The summed E-state index contributed by atoms with van der Waals surface area (Å²) in [6, 6.07) is 7.13. The number of aromatic nitrogens is 1. The third kappa shape index (κ3) is 2.85. The van der Waals surface area contributed by atoms with Gasteiger partial charge in [-0.1, -0.05) is 23.4 Å². The standard InChI is InChI=1S/C11H12N2O3S/c1-17(14,15)7-8-3-2-4-9(5-8)10-6-13-16-11(10)12/h2-6H,7,12H2,1H3. The molecule has 0 amide bonds. The Morgan fingerprint density at radius 3 is 2.76 bits per heavy atom. The molecule has 0 aliphatic carbocycles. The van der Waals surface area contributed by atoms with Gasteiger partial charge in [0.2, 0.25) is 5.88 Å². The topological polar surface area (TPSA) is 86.2 Å². The lowest BCUT2D eigenvalue weighted by Crippen LogP contribution is -2.00. The van der Waals surface area contributed by atoms with Crippen molar-refractivity contribution in [2.75, 3.05) is 12.0 Å². The SMILES string of the molecule is CS(=O)(=O)Cc1cccc(-c2cnoc2N)c1. The van der Waals surface area contributed by atoms with Crippen molar-refractivity contribution in [3.05, 3.63) is 36.0 Å². The Hall–Kier alpha value is -1.82. The quantitative estimate of drug-likeness (QED) is 0.893. The molecule has 1 aromatic carbocycles. The van der Waals surface area contributed by atoms with Crippen molar-refractivity contribution in [2.45, 2.75) is 5.75 Å². The Kier molecular flexibility index (Phi) is 2.89. The second-order valence-electron chi connectivity index (χ2n) is 3.87. The Morgan fingerprint density at radius 2 is 2.18 bits per heavy atom. The summed E-state index contributed by atoms with van der Waals surface area (Å²) >= 11 is 0. The molecule has 2 aromatic rings. The van der Waals surface area contributed by atoms with Crippen molar-refractivity contribution in [1.82, 2.24) is 5.16 Å². The first-order valence-electron chi connectivity index (χ1n) is 4.93. The lowest BCUT2D eigenvalue weighted by atomic mass is 10.1. The molecule has 0 saturated heterocycles. The molecular weight excluding hydrogens is 240 g/mol. The molecule has 0 unspecified atom stereocenters. The predicted molar refractivity (Wildman–Crippen MR) is 64.9 cm³/mol. The van der Waals surface area contributed by atoms with Gasteiger partial charge in [-0.15, -0.1) is 0 Å². The zero-order valence-corrected chi connectivity index (χ0v) is 10.1. The number of hydrogen-bond donors (Lipinski definition) is 1. The number of nitrogens with two attached hydrogens (primary N) is 1. The fourth-order valence-electron chi connectivity index (χ4n) is 1.60. The molecule has 1 aromatic heterocycles. The van der Waals surface area contributed by atoms with Crippen LogP contribution in [0.1, 0.15) is 5.56 Å². The van der Waals surface area contributed by atoms with Gasteiger partial charge in [0.25, 0.3) is 0 Å². The molecule has 0 fully saturated rings. The number of anilines is 1. The highest BCUT2D eigenvalue weighted by Crippen LogP contribution is 2.26. The number of sulfone groups is 1. The summed E-state index contributed by atoms with van der Waals surface area (Å²) in [6.45, 7) is 0. The van der Waals surface area contributed by atoms with Gasteiger partial charge < -0.3 is 10.3 Å². The van der Waals surface area contributed by atoms with Gasteiger partial charge >= 0.3 is 0 Å². The molecule has 0 aliphatic heterocycles. The van der Waals surface area contributed by atoms with Crippen molar-refractivity contribution in [1.29, 1.82) is 0 Å². The fourth-order valence-corrected chi connectivity index (χ4v) is 2.38. The highest BCUT2D eigenvalue weighted by Gasteiger charge is 2.09. The van der Waals surface area contributed by atoms with Crippen LogP contribution in [-0.2, 0) is 15.6 Å². The second kappa shape index (κ2) is 4.21. The minimum Gasteiger partial charge on any atom is -0.367 e. The van der Waals surface area contributed by atoms with Gasteiger partial charge in [0.1, 0.15) is 0 Å². The molecule has 0 atom stereocenters. The second-order valence-corrected chi connectivity index (χ2v) is 6.01. The van der Waals surface area contributed by atoms with Crippen LogP contribution < -0.4 is 5.73 Å². The van der Waals surface area contributed by atoms with Crippen LogP contribution in [0.25, 0.3) is 11.1 Å². The van der Waals surface area contributed by atoms with E-state index in [1.165, 1.54) is 12.5 Å². The van der Waals surface area contributed by atoms with Gasteiger partial charge in [0.15, 0.2) is 9.84 Å². The third-order valence-electron chi connectivity index (χ3n) is 2.27. The monoisotopic (exact) mass is 252 g/mol. The van der Waals surface area contributed by atoms with Gasteiger partial charge in [0, 0.05) is 6.26 Å². The van der Waals surface area contributed by atoms with E-state index in [9.17, 15) is 8.42 Å². The van der Waals surface area contributed by atoms with E-state index in [1.807, 2.05) is 6.07 Å². The van der Waals surface area contributed by atoms with E-state index in [4.69, 9.17) is 10.3 Å². The number of rotatable bonds is 3. The van der Waals surface area contributed by atoms with Crippen LogP contribution in [0.2, 0.25) is 0 Å². The van der Waals surface area contributed by atoms with Crippen molar-refractivity contribution < 1.29 is 12.9 Å².